The number of nitrogens with one attached hydrogen (secondary N) is 1. The van der Waals surface area contributed by atoms with E-state index >= 15 is 0 Å². The minimum atomic E-state index is -1.02. The van der Waals surface area contributed by atoms with Gasteiger partial charge in [0.1, 0.15) is 0 Å². The molecule has 0 aliphatic rings. The summed E-state index contributed by atoms with van der Waals surface area (Å²) in [5.74, 6) is 1.51. The summed E-state index contributed by atoms with van der Waals surface area (Å²) in [5.41, 5.74) is -0.0646. The highest BCUT2D eigenvalue weighted by atomic mass is 35.5. The second kappa shape index (κ2) is 4.46. The maximum absolute atomic E-state index is 11.0. The lowest BCUT2D eigenvalue weighted by molar-refractivity contribution is 0.0698. The van der Waals surface area contributed by atoms with Gasteiger partial charge in [0.05, 0.1) is 16.8 Å². The number of carboxylic acids is 1. The summed E-state index contributed by atoms with van der Waals surface area (Å²) in [5, 5.41) is 12.4. The number of carboxylic acid groups (broad SMARTS) is 1. The second-order valence-corrected chi connectivity index (χ2v) is 4.33. The van der Waals surface area contributed by atoms with Crippen LogP contribution in [0.25, 0.3) is 0 Å². The zero-order chi connectivity index (χ0) is 12.3. The van der Waals surface area contributed by atoms with E-state index in [9.17, 15) is 4.79 Å². The van der Waals surface area contributed by atoms with Crippen molar-refractivity contribution in [1.82, 2.24) is 0 Å². The van der Waals surface area contributed by atoms with Gasteiger partial charge in [-0.15, -0.1) is 6.42 Å². The molecule has 0 aliphatic heterocycles. The number of hydrogen-bond donors (Lipinski definition) is 2. The van der Waals surface area contributed by atoms with Crippen LogP contribution in [0.1, 0.15) is 24.2 Å². The van der Waals surface area contributed by atoms with Gasteiger partial charge in [0.25, 0.3) is 0 Å². The zero-order valence-corrected chi connectivity index (χ0v) is 9.80. The molecular formula is C12H12ClNO2. The van der Waals surface area contributed by atoms with Crippen molar-refractivity contribution in [2.75, 3.05) is 5.32 Å². The molecule has 0 aromatic heterocycles. The smallest absolute Gasteiger partial charge is 0.337 e. The summed E-state index contributed by atoms with van der Waals surface area (Å²) in [6.45, 7) is 3.55. The first kappa shape index (κ1) is 12.4. The predicted molar refractivity (Wildman–Crippen MR) is 64.9 cm³/mol. The number of terminal acetylenes is 1. The Balaban J connectivity index is 3.17. The molecule has 84 valence electrons. The molecule has 3 nitrogen and oxygen atoms in total. The van der Waals surface area contributed by atoms with Gasteiger partial charge < -0.3 is 10.4 Å². The molecule has 0 amide bonds. The van der Waals surface area contributed by atoms with E-state index in [0.29, 0.717) is 10.7 Å². The van der Waals surface area contributed by atoms with Gasteiger partial charge in [0, 0.05) is 5.02 Å². The summed E-state index contributed by atoms with van der Waals surface area (Å²) in [7, 11) is 0. The van der Waals surface area contributed by atoms with Gasteiger partial charge in [-0.1, -0.05) is 17.5 Å². The number of anilines is 1. The van der Waals surface area contributed by atoms with Gasteiger partial charge in [-0.3, -0.25) is 0 Å². The highest BCUT2D eigenvalue weighted by molar-refractivity contribution is 6.31. The molecule has 0 aliphatic carbocycles. The molecule has 0 unspecified atom stereocenters. The van der Waals surface area contributed by atoms with Crippen molar-refractivity contribution in [2.45, 2.75) is 19.4 Å². The van der Waals surface area contributed by atoms with Crippen molar-refractivity contribution in [1.29, 1.82) is 0 Å². The Hall–Kier alpha value is -1.66. The van der Waals surface area contributed by atoms with Crippen LogP contribution >= 0.6 is 11.6 Å². The third-order valence-corrected chi connectivity index (χ3v) is 2.26. The number of benzene rings is 1. The van der Waals surface area contributed by atoms with Crippen molar-refractivity contribution in [3.05, 3.63) is 28.8 Å². The van der Waals surface area contributed by atoms with Crippen LogP contribution in [0.3, 0.4) is 0 Å². The first-order valence-corrected chi connectivity index (χ1v) is 5.02. The third-order valence-electron chi connectivity index (χ3n) is 2.02. The van der Waals surface area contributed by atoms with E-state index in [0.717, 1.165) is 0 Å². The predicted octanol–water partition coefficient (Wildman–Crippen LogP) is 2.86. The molecule has 1 aromatic carbocycles. The van der Waals surface area contributed by atoms with E-state index in [1.165, 1.54) is 12.1 Å². The highest BCUT2D eigenvalue weighted by Gasteiger charge is 2.18. The molecule has 1 rings (SSSR count). The van der Waals surface area contributed by atoms with Gasteiger partial charge in [-0.05, 0) is 32.0 Å². The van der Waals surface area contributed by atoms with Gasteiger partial charge in [0.2, 0.25) is 0 Å². The van der Waals surface area contributed by atoms with Gasteiger partial charge in [0.15, 0.2) is 0 Å². The second-order valence-electron chi connectivity index (χ2n) is 3.89. The fourth-order valence-corrected chi connectivity index (χ4v) is 1.35. The average molecular weight is 238 g/mol. The molecule has 0 spiro atoms. The van der Waals surface area contributed by atoms with Crippen LogP contribution in [0.2, 0.25) is 5.02 Å². The molecule has 0 bridgehead atoms. The van der Waals surface area contributed by atoms with Crippen LogP contribution in [-0.2, 0) is 0 Å². The summed E-state index contributed by atoms with van der Waals surface area (Å²) >= 11 is 5.81. The molecular weight excluding hydrogens is 226 g/mol. The zero-order valence-electron chi connectivity index (χ0n) is 9.04. The fourth-order valence-electron chi connectivity index (χ4n) is 1.18. The van der Waals surface area contributed by atoms with Crippen LogP contribution in [0.15, 0.2) is 18.2 Å². The van der Waals surface area contributed by atoms with E-state index in [4.69, 9.17) is 23.1 Å². The van der Waals surface area contributed by atoms with Gasteiger partial charge in [-0.2, -0.15) is 0 Å². The number of aromatic carboxylic acids is 1. The molecule has 2 N–H and O–H groups in total. The molecule has 0 heterocycles. The summed E-state index contributed by atoms with van der Waals surface area (Å²) < 4.78 is 0. The van der Waals surface area contributed by atoms with Crippen LogP contribution in [0, 0.1) is 12.3 Å². The molecule has 0 fully saturated rings. The van der Waals surface area contributed by atoms with E-state index in [1.807, 2.05) is 0 Å². The van der Waals surface area contributed by atoms with Crippen LogP contribution in [0.5, 0.6) is 0 Å². The molecule has 4 heteroatoms. The minimum absolute atomic E-state index is 0.146. The Kier molecular flexibility index (Phi) is 3.46. The highest BCUT2D eigenvalue weighted by Crippen LogP contribution is 2.24. The topological polar surface area (TPSA) is 49.3 Å². The molecule has 0 radical (unpaired) electrons. The Morgan fingerprint density at radius 3 is 2.69 bits per heavy atom. The van der Waals surface area contributed by atoms with E-state index in [-0.39, 0.29) is 5.56 Å². The fraction of sp³-hybridized carbons (Fsp3) is 0.250. The Bertz CT molecular complexity index is 461. The number of hydrogen-bond acceptors (Lipinski definition) is 2. The lowest BCUT2D eigenvalue weighted by Crippen LogP contribution is -2.29. The largest absolute Gasteiger partial charge is 0.478 e. The SMILES string of the molecule is C#CC(C)(C)Nc1cc(Cl)ccc1C(=O)O. The normalized spacial score (nSPS) is 10.6. The molecule has 1 aromatic rings. The quantitative estimate of drug-likeness (QED) is 0.795. The Morgan fingerprint density at radius 2 is 2.19 bits per heavy atom. The van der Waals surface area contributed by atoms with Crippen molar-refractivity contribution in [3.63, 3.8) is 0 Å². The first-order valence-electron chi connectivity index (χ1n) is 4.64. The van der Waals surface area contributed by atoms with Crippen LogP contribution in [0.4, 0.5) is 5.69 Å². The van der Waals surface area contributed by atoms with Crippen LogP contribution in [-0.4, -0.2) is 16.6 Å². The maximum atomic E-state index is 11.0. The first-order chi connectivity index (χ1) is 7.35. The van der Waals surface area contributed by atoms with Gasteiger partial charge in [-0.25, -0.2) is 4.79 Å². The lowest BCUT2D eigenvalue weighted by atomic mass is 10.0. The number of rotatable bonds is 3. The van der Waals surface area contributed by atoms with Crippen molar-refractivity contribution in [2.24, 2.45) is 0 Å². The lowest BCUT2D eigenvalue weighted by Gasteiger charge is -2.22. The third kappa shape index (κ3) is 2.91. The summed E-state index contributed by atoms with van der Waals surface area (Å²) in [6.07, 6.45) is 5.33. The van der Waals surface area contributed by atoms with E-state index in [1.54, 1.807) is 19.9 Å². The number of halogens is 1. The van der Waals surface area contributed by atoms with E-state index < -0.39 is 11.5 Å². The minimum Gasteiger partial charge on any atom is -0.478 e. The molecule has 16 heavy (non-hydrogen) atoms. The Labute approximate surface area is 99.4 Å². The van der Waals surface area contributed by atoms with Crippen molar-refractivity contribution >= 4 is 23.3 Å². The van der Waals surface area contributed by atoms with E-state index in [2.05, 4.69) is 11.2 Å². The summed E-state index contributed by atoms with van der Waals surface area (Å²) in [6, 6.07) is 4.52. The molecule has 0 saturated heterocycles. The summed E-state index contributed by atoms with van der Waals surface area (Å²) in [4.78, 5) is 11.0. The van der Waals surface area contributed by atoms with Crippen LogP contribution < -0.4 is 5.32 Å². The molecule has 0 atom stereocenters. The molecule has 0 saturated carbocycles. The van der Waals surface area contributed by atoms with Crippen molar-refractivity contribution < 1.29 is 9.90 Å². The van der Waals surface area contributed by atoms with Gasteiger partial charge >= 0.3 is 5.97 Å². The standard InChI is InChI=1S/C12H12ClNO2/c1-4-12(2,3)14-10-7-8(13)5-6-9(10)11(15)16/h1,5-7,14H,2-3H3,(H,15,16). The maximum Gasteiger partial charge on any atom is 0.337 e. The van der Waals surface area contributed by atoms with Crippen molar-refractivity contribution in [3.8, 4) is 12.3 Å². The Morgan fingerprint density at radius 1 is 1.56 bits per heavy atom. The average Bonchev–Trinajstić information content (AvgIpc) is 2.16. The monoisotopic (exact) mass is 237 g/mol. The number of carbonyl (C=O) groups is 1.